The van der Waals surface area contributed by atoms with Gasteiger partial charge in [0.05, 0.1) is 6.54 Å². The number of urea groups is 1. The zero-order valence-corrected chi connectivity index (χ0v) is 11.5. The highest BCUT2D eigenvalue weighted by Crippen LogP contribution is 2.25. The Balaban J connectivity index is 1.92. The zero-order valence-electron chi connectivity index (χ0n) is 11.5. The maximum atomic E-state index is 12.1. The number of nitrogens with zero attached hydrogens (tertiary/aromatic N) is 1. The summed E-state index contributed by atoms with van der Waals surface area (Å²) in [4.78, 5) is 37.0. The van der Waals surface area contributed by atoms with Crippen molar-refractivity contribution in [2.45, 2.75) is 57.9 Å². The van der Waals surface area contributed by atoms with E-state index in [0.29, 0.717) is 6.42 Å². The van der Waals surface area contributed by atoms with Crippen molar-refractivity contribution in [1.82, 2.24) is 10.2 Å². The molecule has 106 valence electrons. The SMILES string of the molecule is CCCC1NC(=O)N(CC(=O)C2CCCCC2)C1=O. The summed E-state index contributed by atoms with van der Waals surface area (Å²) >= 11 is 0. The van der Waals surface area contributed by atoms with Gasteiger partial charge in [-0.1, -0.05) is 32.6 Å². The van der Waals surface area contributed by atoms with Gasteiger partial charge in [-0.05, 0) is 19.3 Å². The summed E-state index contributed by atoms with van der Waals surface area (Å²) in [6.45, 7) is 1.92. The summed E-state index contributed by atoms with van der Waals surface area (Å²) in [5.41, 5.74) is 0. The van der Waals surface area contributed by atoms with Gasteiger partial charge in [-0.25, -0.2) is 4.79 Å². The second-order valence-corrected chi connectivity index (χ2v) is 5.52. The molecule has 0 aromatic carbocycles. The molecule has 1 aliphatic heterocycles. The van der Waals surface area contributed by atoms with Crippen molar-refractivity contribution in [3.8, 4) is 0 Å². The van der Waals surface area contributed by atoms with Crippen molar-refractivity contribution >= 4 is 17.7 Å². The van der Waals surface area contributed by atoms with E-state index in [1.807, 2.05) is 6.92 Å². The number of amides is 3. The highest BCUT2D eigenvalue weighted by Gasteiger charge is 2.39. The molecule has 1 atom stereocenters. The molecule has 3 amide bonds. The molecule has 5 nitrogen and oxygen atoms in total. The number of hydrogen-bond donors (Lipinski definition) is 1. The second-order valence-electron chi connectivity index (χ2n) is 5.52. The average molecular weight is 266 g/mol. The van der Waals surface area contributed by atoms with Crippen LogP contribution in [-0.2, 0) is 9.59 Å². The smallest absolute Gasteiger partial charge is 0.325 e. The van der Waals surface area contributed by atoms with Crippen LogP contribution in [0.15, 0.2) is 0 Å². The maximum Gasteiger partial charge on any atom is 0.325 e. The highest BCUT2D eigenvalue weighted by molar-refractivity contribution is 6.06. The van der Waals surface area contributed by atoms with Crippen molar-refractivity contribution in [2.75, 3.05) is 6.54 Å². The standard InChI is InChI=1S/C14H22N2O3/c1-2-6-11-13(18)16(14(19)15-11)9-12(17)10-7-4-3-5-8-10/h10-11H,2-9H2,1H3,(H,15,19). The van der Waals surface area contributed by atoms with Gasteiger partial charge in [0, 0.05) is 5.92 Å². The number of imide groups is 1. The van der Waals surface area contributed by atoms with Gasteiger partial charge in [-0.3, -0.25) is 14.5 Å². The van der Waals surface area contributed by atoms with Gasteiger partial charge < -0.3 is 5.32 Å². The first-order valence-electron chi connectivity index (χ1n) is 7.28. The Morgan fingerprint density at radius 1 is 1.26 bits per heavy atom. The van der Waals surface area contributed by atoms with Gasteiger partial charge in [0.2, 0.25) is 0 Å². The van der Waals surface area contributed by atoms with Crippen molar-refractivity contribution < 1.29 is 14.4 Å². The number of nitrogens with one attached hydrogen (secondary N) is 1. The molecule has 0 aromatic rings. The van der Waals surface area contributed by atoms with Crippen LogP contribution < -0.4 is 5.32 Å². The summed E-state index contributed by atoms with van der Waals surface area (Å²) in [5, 5.41) is 2.65. The maximum absolute atomic E-state index is 12.1. The van der Waals surface area contributed by atoms with E-state index in [2.05, 4.69) is 5.32 Å². The third kappa shape index (κ3) is 3.14. The Morgan fingerprint density at radius 2 is 1.95 bits per heavy atom. The average Bonchev–Trinajstić information content (AvgIpc) is 2.68. The van der Waals surface area contributed by atoms with Crippen molar-refractivity contribution in [3.63, 3.8) is 0 Å². The van der Waals surface area contributed by atoms with Crippen LogP contribution in [0.4, 0.5) is 4.79 Å². The fourth-order valence-corrected chi connectivity index (χ4v) is 2.92. The second kappa shape index (κ2) is 6.17. The van der Waals surface area contributed by atoms with Gasteiger partial charge in [0.25, 0.3) is 5.91 Å². The van der Waals surface area contributed by atoms with Gasteiger partial charge in [-0.15, -0.1) is 0 Å². The number of hydrogen-bond acceptors (Lipinski definition) is 3. The van der Waals surface area contributed by atoms with Crippen LogP contribution in [0.3, 0.4) is 0 Å². The van der Waals surface area contributed by atoms with Crippen LogP contribution in [-0.4, -0.2) is 35.2 Å². The predicted octanol–water partition coefficient (Wildman–Crippen LogP) is 1.86. The largest absolute Gasteiger partial charge is 0.326 e. The van der Waals surface area contributed by atoms with E-state index in [1.165, 1.54) is 6.42 Å². The van der Waals surface area contributed by atoms with E-state index >= 15 is 0 Å². The van der Waals surface area contributed by atoms with E-state index < -0.39 is 12.1 Å². The van der Waals surface area contributed by atoms with Gasteiger partial charge in [-0.2, -0.15) is 0 Å². The number of carbonyl (C=O) groups is 3. The Hall–Kier alpha value is -1.39. The number of ketones is 1. The minimum atomic E-state index is -0.434. The first-order chi connectivity index (χ1) is 9.13. The zero-order chi connectivity index (χ0) is 13.8. The molecular weight excluding hydrogens is 244 g/mol. The van der Waals surface area contributed by atoms with Crippen LogP contribution in [0.1, 0.15) is 51.9 Å². The number of carbonyl (C=O) groups excluding carboxylic acids is 3. The van der Waals surface area contributed by atoms with Crippen LogP contribution in [0.5, 0.6) is 0 Å². The fourth-order valence-electron chi connectivity index (χ4n) is 2.92. The lowest BCUT2D eigenvalue weighted by atomic mass is 9.86. The molecule has 1 heterocycles. The van der Waals surface area contributed by atoms with E-state index in [0.717, 1.165) is 37.0 Å². The summed E-state index contributed by atoms with van der Waals surface area (Å²) in [5.74, 6) is -0.157. The van der Waals surface area contributed by atoms with E-state index in [1.54, 1.807) is 0 Å². The quantitative estimate of drug-likeness (QED) is 0.772. The van der Waals surface area contributed by atoms with Crippen molar-refractivity contribution in [3.05, 3.63) is 0 Å². The molecule has 0 bridgehead atoms. The van der Waals surface area contributed by atoms with Gasteiger partial charge in [0.15, 0.2) is 5.78 Å². The first kappa shape index (κ1) is 14.0. The third-order valence-electron chi connectivity index (χ3n) is 4.06. The van der Waals surface area contributed by atoms with E-state index in [9.17, 15) is 14.4 Å². The lowest BCUT2D eigenvalue weighted by molar-refractivity contribution is -0.133. The summed E-state index contributed by atoms with van der Waals surface area (Å²) in [7, 11) is 0. The number of rotatable bonds is 5. The fraction of sp³-hybridized carbons (Fsp3) is 0.786. The first-order valence-corrected chi connectivity index (χ1v) is 7.28. The Labute approximate surface area is 113 Å². The van der Waals surface area contributed by atoms with Crippen LogP contribution in [0, 0.1) is 5.92 Å². The Kier molecular flexibility index (Phi) is 4.56. The lowest BCUT2D eigenvalue weighted by Crippen LogP contribution is -2.38. The van der Waals surface area contributed by atoms with E-state index in [4.69, 9.17) is 0 Å². The van der Waals surface area contributed by atoms with Crippen LogP contribution >= 0.6 is 0 Å². The van der Waals surface area contributed by atoms with E-state index in [-0.39, 0.29) is 24.2 Å². The minimum Gasteiger partial charge on any atom is -0.326 e. The summed E-state index contributed by atoms with van der Waals surface area (Å²) in [6.07, 6.45) is 6.62. The lowest BCUT2D eigenvalue weighted by Gasteiger charge is -2.22. The molecular formula is C14H22N2O3. The normalized spacial score (nSPS) is 24.7. The van der Waals surface area contributed by atoms with Crippen LogP contribution in [0.2, 0.25) is 0 Å². The molecule has 1 unspecified atom stereocenters. The van der Waals surface area contributed by atoms with Gasteiger partial charge >= 0.3 is 6.03 Å². The molecule has 19 heavy (non-hydrogen) atoms. The third-order valence-corrected chi connectivity index (χ3v) is 4.06. The number of Topliss-reactive ketones (excluding diaryl/α,β-unsaturated/α-hetero) is 1. The molecule has 5 heteroatoms. The molecule has 2 aliphatic rings. The molecule has 2 fully saturated rings. The van der Waals surface area contributed by atoms with Crippen LogP contribution in [0.25, 0.3) is 0 Å². The molecule has 2 rings (SSSR count). The molecule has 1 saturated carbocycles. The molecule has 1 saturated heterocycles. The molecule has 1 aliphatic carbocycles. The molecule has 0 aromatic heterocycles. The van der Waals surface area contributed by atoms with Gasteiger partial charge in [0.1, 0.15) is 6.04 Å². The monoisotopic (exact) mass is 266 g/mol. The highest BCUT2D eigenvalue weighted by atomic mass is 16.2. The topological polar surface area (TPSA) is 66.5 Å². The predicted molar refractivity (Wildman–Crippen MR) is 70.5 cm³/mol. The Morgan fingerprint density at radius 3 is 2.58 bits per heavy atom. The molecule has 0 radical (unpaired) electrons. The molecule has 1 N–H and O–H groups in total. The Bertz CT molecular complexity index is 375. The summed E-state index contributed by atoms with van der Waals surface area (Å²) < 4.78 is 0. The molecule has 0 spiro atoms. The minimum absolute atomic E-state index is 0.0413. The summed E-state index contributed by atoms with van der Waals surface area (Å²) in [6, 6.07) is -0.843. The van der Waals surface area contributed by atoms with Crippen molar-refractivity contribution in [1.29, 1.82) is 0 Å². The van der Waals surface area contributed by atoms with Crippen molar-refractivity contribution in [2.24, 2.45) is 5.92 Å².